The highest BCUT2D eigenvalue weighted by Crippen LogP contribution is 2.37. The van der Waals surface area contributed by atoms with Crippen LogP contribution in [0.15, 0.2) is 0 Å². The van der Waals surface area contributed by atoms with Crippen molar-refractivity contribution in [3.8, 4) is 0 Å². The summed E-state index contributed by atoms with van der Waals surface area (Å²) in [6, 6.07) is 0. The quantitative estimate of drug-likeness (QED) is 0.734. The van der Waals surface area contributed by atoms with Crippen LogP contribution in [0.2, 0.25) is 0 Å². The molecule has 7 heteroatoms. The van der Waals surface area contributed by atoms with Gasteiger partial charge in [-0.2, -0.15) is 13.2 Å². The minimum Gasteiger partial charge on any atom is -0.336 e. The Hall–Kier alpha value is -0.780. The molecule has 0 aromatic carbocycles. The molecule has 0 atom stereocenters. The lowest BCUT2D eigenvalue weighted by molar-refractivity contribution is -0.175. The third kappa shape index (κ3) is 2.17. The van der Waals surface area contributed by atoms with Crippen molar-refractivity contribution in [2.24, 2.45) is 0 Å². The second-order valence-corrected chi connectivity index (χ2v) is 3.36. The molecule has 0 bridgehead atoms. The van der Waals surface area contributed by atoms with Gasteiger partial charge in [-0.1, -0.05) is 0 Å². The van der Waals surface area contributed by atoms with Gasteiger partial charge in [0.1, 0.15) is 5.54 Å². The summed E-state index contributed by atoms with van der Waals surface area (Å²) in [4.78, 5) is 21.6. The number of rotatable bonds is 3. The first-order valence-corrected chi connectivity index (χ1v) is 4.34. The summed E-state index contributed by atoms with van der Waals surface area (Å²) in [5.41, 5.74) is -1.35. The second-order valence-electron chi connectivity index (χ2n) is 3.09. The van der Waals surface area contributed by atoms with Gasteiger partial charge in [-0.15, -0.1) is 11.6 Å². The Bertz CT molecular complexity index is 273. The maximum absolute atomic E-state index is 11.8. The maximum atomic E-state index is 11.8. The predicted molar refractivity (Wildman–Crippen MR) is 41.9 cm³/mol. The van der Waals surface area contributed by atoms with Gasteiger partial charge in [-0.3, -0.25) is 9.59 Å². The van der Waals surface area contributed by atoms with Crippen LogP contribution in [0.25, 0.3) is 0 Å². The van der Waals surface area contributed by atoms with Gasteiger partial charge in [0, 0.05) is 0 Å². The highest BCUT2D eigenvalue weighted by Gasteiger charge is 2.54. The number of Topliss-reactive ketones (excluding diaryl/α,β-unsaturated/α-hetero) is 1. The Balaban J connectivity index is 2.61. The molecular weight excluding hydrogens is 223 g/mol. The number of nitrogens with one attached hydrogen (secondary N) is 1. The van der Waals surface area contributed by atoms with Crippen LogP contribution in [-0.2, 0) is 9.59 Å². The molecule has 14 heavy (non-hydrogen) atoms. The Kier molecular flexibility index (Phi) is 2.76. The van der Waals surface area contributed by atoms with Crippen LogP contribution >= 0.6 is 11.6 Å². The number of carbonyl (C=O) groups is 2. The van der Waals surface area contributed by atoms with Crippen molar-refractivity contribution in [1.82, 2.24) is 5.32 Å². The highest BCUT2D eigenvalue weighted by atomic mass is 35.5. The van der Waals surface area contributed by atoms with E-state index in [2.05, 4.69) is 0 Å². The van der Waals surface area contributed by atoms with E-state index in [4.69, 9.17) is 11.6 Å². The topological polar surface area (TPSA) is 46.2 Å². The van der Waals surface area contributed by atoms with E-state index in [1.165, 1.54) is 0 Å². The van der Waals surface area contributed by atoms with E-state index in [-0.39, 0.29) is 12.8 Å². The number of amides is 1. The van der Waals surface area contributed by atoms with Gasteiger partial charge in [0.15, 0.2) is 5.78 Å². The first kappa shape index (κ1) is 11.3. The average Bonchev–Trinajstić information content (AvgIpc) is 2.82. The van der Waals surface area contributed by atoms with E-state index < -0.39 is 29.3 Å². The minimum atomic E-state index is -4.96. The monoisotopic (exact) mass is 229 g/mol. The molecule has 0 heterocycles. The fourth-order valence-electron chi connectivity index (χ4n) is 1.01. The molecule has 0 radical (unpaired) electrons. The number of ketones is 1. The Morgan fingerprint density at radius 1 is 1.36 bits per heavy atom. The summed E-state index contributed by atoms with van der Waals surface area (Å²) in [6.45, 7) is 0. The lowest BCUT2D eigenvalue weighted by Crippen LogP contribution is -2.49. The molecule has 0 aromatic rings. The molecule has 0 spiro atoms. The first-order valence-electron chi connectivity index (χ1n) is 3.80. The zero-order valence-corrected chi connectivity index (χ0v) is 7.71. The third-order valence-corrected chi connectivity index (χ3v) is 2.26. The van der Waals surface area contributed by atoms with Crippen LogP contribution in [0, 0.1) is 0 Å². The lowest BCUT2D eigenvalue weighted by Gasteiger charge is -2.15. The SMILES string of the molecule is O=C(NC1(C(=O)CCl)CC1)C(F)(F)F. The van der Waals surface area contributed by atoms with Crippen molar-refractivity contribution >= 4 is 23.3 Å². The summed E-state index contributed by atoms with van der Waals surface area (Å²) in [5.74, 6) is -3.05. The molecular formula is C7H7ClF3NO2. The van der Waals surface area contributed by atoms with E-state index in [1.54, 1.807) is 5.32 Å². The number of hydrogen-bond acceptors (Lipinski definition) is 2. The molecule has 0 aromatic heterocycles. The third-order valence-electron chi connectivity index (χ3n) is 2.02. The number of carbonyl (C=O) groups excluding carboxylic acids is 2. The molecule has 0 aliphatic heterocycles. The van der Waals surface area contributed by atoms with Gasteiger partial charge in [0.25, 0.3) is 0 Å². The summed E-state index contributed by atoms with van der Waals surface area (Å²) in [6.07, 6.45) is -4.51. The normalized spacial score (nSPS) is 18.9. The molecule has 1 aliphatic rings. The van der Waals surface area contributed by atoms with E-state index in [0.29, 0.717) is 0 Å². The molecule has 1 fully saturated rings. The van der Waals surface area contributed by atoms with Gasteiger partial charge in [-0.05, 0) is 12.8 Å². The second kappa shape index (κ2) is 3.42. The predicted octanol–water partition coefficient (Wildman–Crippen LogP) is 1.01. The van der Waals surface area contributed by atoms with Crippen molar-refractivity contribution < 1.29 is 22.8 Å². The summed E-state index contributed by atoms with van der Waals surface area (Å²) in [7, 11) is 0. The largest absolute Gasteiger partial charge is 0.471 e. The van der Waals surface area contributed by atoms with Crippen molar-refractivity contribution in [3.05, 3.63) is 0 Å². The molecule has 1 rings (SSSR count). The average molecular weight is 230 g/mol. The smallest absolute Gasteiger partial charge is 0.336 e. The van der Waals surface area contributed by atoms with Crippen LogP contribution < -0.4 is 5.32 Å². The van der Waals surface area contributed by atoms with Gasteiger partial charge in [0.05, 0.1) is 5.88 Å². The van der Waals surface area contributed by atoms with Gasteiger partial charge < -0.3 is 5.32 Å². The molecule has 1 amide bonds. The number of hydrogen-bond donors (Lipinski definition) is 1. The Morgan fingerprint density at radius 2 is 1.86 bits per heavy atom. The van der Waals surface area contributed by atoms with E-state index in [9.17, 15) is 22.8 Å². The minimum absolute atomic E-state index is 0.223. The van der Waals surface area contributed by atoms with Crippen LogP contribution in [0.4, 0.5) is 13.2 Å². The molecule has 1 N–H and O–H groups in total. The zero-order chi connectivity index (χ0) is 11.0. The van der Waals surface area contributed by atoms with E-state index in [0.717, 1.165) is 0 Å². The van der Waals surface area contributed by atoms with Crippen LogP contribution in [0.3, 0.4) is 0 Å². The van der Waals surface area contributed by atoms with Gasteiger partial charge in [-0.25, -0.2) is 0 Å². The summed E-state index contributed by atoms with van der Waals surface area (Å²) in [5, 5.41) is 1.66. The number of alkyl halides is 4. The Labute approximate surface area is 82.6 Å². The fraction of sp³-hybridized carbons (Fsp3) is 0.714. The van der Waals surface area contributed by atoms with Crippen LogP contribution in [0.1, 0.15) is 12.8 Å². The summed E-state index contributed by atoms with van der Waals surface area (Å²) < 4.78 is 35.5. The van der Waals surface area contributed by atoms with Gasteiger partial charge >= 0.3 is 12.1 Å². The van der Waals surface area contributed by atoms with Crippen molar-refractivity contribution in [3.63, 3.8) is 0 Å². The van der Waals surface area contributed by atoms with Crippen molar-refractivity contribution in [1.29, 1.82) is 0 Å². The first-order chi connectivity index (χ1) is 6.32. The molecule has 80 valence electrons. The Morgan fingerprint density at radius 3 is 2.14 bits per heavy atom. The highest BCUT2D eigenvalue weighted by molar-refractivity contribution is 6.29. The molecule has 1 aliphatic carbocycles. The summed E-state index contributed by atoms with van der Waals surface area (Å²) >= 11 is 5.19. The fourth-order valence-corrected chi connectivity index (χ4v) is 1.27. The van der Waals surface area contributed by atoms with Crippen LogP contribution in [0.5, 0.6) is 0 Å². The molecule has 0 saturated heterocycles. The maximum Gasteiger partial charge on any atom is 0.471 e. The molecule has 3 nitrogen and oxygen atoms in total. The zero-order valence-electron chi connectivity index (χ0n) is 6.95. The van der Waals surface area contributed by atoms with Crippen molar-refractivity contribution in [2.45, 2.75) is 24.6 Å². The van der Waals surface area contributed by atoms with Crippen molar-refractivity contribution in [2.75, 3.05) is 5.88 Å². The molecule has 1 saturated carbocycles. The van der Waals surface area contributed by atoms with Gasteiger partial charge in [0.2, 0.25) is 0 Å². The lowest BCUT2D eigenvalue weighted by atomic mass is 10.2. The number of halogens is 4. The van der Waals surface area contributed by atoms with E-state index >= 15 is 0 Å². The van der Waals surface area contributed by atoms with E-state index in [1.807, 2.05) is 0 Å². The van der Waals surface area contributed by atoms with Crippen LogP contribution in [-0.4, -0.2) is 29.3 Å². The molecule has 0 unspecified atom stereocenters. The standard InChI is InChI=1S/C7H7ClF3NO2/c8-3-4(13)6(1-2-6)12-5(14)7(9,10)11/h1-3H2,(H,12,14).